The zero-order valence-corrected chi connectivity index (χ0v) is 69.9. The molecule has 624 valence electrons. The Bertz CT molecular complexity index is 2060. The average molecular weight is 1510 g/mol. The third-order valence-electron chi connectivity index (χ3n) is 20.4. The van der Waals surface area contributed by atoms with E-state index >= 15 is 0 Å². The van der Waals surface area contributed by atoms with E-state index in [9.17, 15) is 34.4 Å². The van der Waals surface area contributed by atoms with Crippen molar-refractivity contribution in [2.45, 2.75) is 364 Å². The highest BCUT2D eigenvalue weighted by atomic mass is 16.7. The third kappa shape index (κ3) is 66.8. The molecule has 0 saturated carbocycles. The van der Waals surface area contributed by atoms with Gasteiger partial charge in [0.25, 0.3) is 5.69 Å². The first-order valence-corrected chi connectivity index (χ1v) is 43.6. The predicted molar refractivity (Wildman–Crippen MR) is 436 cm³/mol. The molecule has 0 fully saturated rings. The number of rotatable bonds is 73. The fraction of sp³-hybridized carbons (Fsp3) is 0.884. The normalized spacial score (nSPS) is 12.0. The molecule has 0 bridgehead atoms. The lowest BCUT2D eigenvalue weighted by Crippen LogP contribution is -2.38. The van der Waals surface area contributed by atoms with Crippen molar-refractivity contribution >= 4 is 29.9 Å². The Hall–Kier alpha value is -4.18. The Morgan fingerprint density at radius 3 is 0.991 bits per heavy atom. The molecule has 0 radical (unpaired) electrons. The summed E-state index contributed by atoms with van der Waals surface area (Å²) in [6.07, 6.45) is 46.6. The molecule has 0 saturated heterocycles. The number of esters is 2. The molecule has 0 amide bonds. The molecule has 1 aromatic rings. The van der Waals surface area contributed by atoms with E-state index in [1.807, 2.05) is 0 Å². The molecule has 1 rings (SSSR count). The lowest BCUT2D eigenvalue weighted by Gasteiger charge is -2.25. The summed E-state index contributed by atoms with van der Waals surface area (Å²) < 4.78 is 33.3. The van der Waals surface area contributed by atoms with Crippen LogP contribution in [0.4, 0.5) is 15.3 Å². The Kier molecular flexibility index (Phi) is 77.3. The Balaban J connectivity index is 0. The fourth-order valence-corrected chi connectivity index (χ4v) is 13.3. The number of ether oxygens (including phenoxy) is 6. The van der Waals surface area contributed by atoms with Gasteiger partial charge in [0.1, 0.15) is 24.6 Å². The van der Waals surface area contributed by atoms with Gasteiger partial charge in [-0.15, -0.1) is 0 Å². The van der Waals surface area contributed by atoms with Crippen molar-refractivity contribution in [1.82, 2.24) is 19.6 Å². The highest BCUT2D eigenvalue weighted by molar-refractivity contribution is 5.69. The number of carbonyl (C=O) groups excluding carboxylic acids is 4. The SMILES string of the molecule is CCCCCCC(CCCCCCCCC(=O)OCCC(CCCCC)CCCCC)OC(=O)OCCN(CCO)CCN(CC)CC.CCCCCCC(CCCCCCCCC(=O)OCCC(CCCCC)CCCCC)OC(=O)Oc1ccc([N+](=O)[O-])cc1.CCN(CC)CCN(CCO)CCO. The number of benzene rings is 1. The van der Waals surface area contributed by atoms with Crippen LogP contribution in [0.3, 0.4) is 0 Å². The summed E-state index contributed by atoms with van der Waals surface area (Å²) in [6.45, 7) is 34.1. The smallest absolute Gasteiger partial charge is 0.466 e. The van der Waals surface area contributed by atoms with Crippen LogP contribution in [-0.2, 0) is 33.3 Å². The van der Waals surface area contributed by atoms with E-state index in [4.69, 9.17) is 38.6 Å². The number of nitrogens with zero attached hydrogens (tertiary/aromatic N) is 5. The number of nitro benzene ring substituents is 1. The van der Waals surface area contributed by atoms with Crippen molar-refractivity contribution in [2.24, 2.45) is 11.8 Å². The van der Waals surface area contributed by atoms with Crippen molar-refractivity contribution < 1.29 is 67.8 Å². The molecule has 0 aliphatic heterocycles. The first-order valence-electron chi connectivity index (χ1n) is 43.6. The van der Waals surface area contributed by atoms with Gasteiger partial charge in [-0.2, -0.15) is 0 Å². The highest BCUT2D eigenvalue weighted by Gasteiger charge is 2.20. The Morgan fingerprint density at radius 2 is 0.651 bits per heavy atom. The fourth-order valence-electron chi connectivity index (χ4n) is 13.3. The van der Waals surface area contributed by atoms with Crippen LogP contribution in [0, 0.1) is 22.0 Å². The lowest BCUT2D eigenvalue weighted by atomic mass is 9.92. The minimum absolute atomic E-state index is 0.0356. The molecule has 106 heavy (non-hydrogen) atoms. The highest BCUT2D eigenvalue weighted by Crippen LogP contribution is 2.25. The monoisotopic (exact) mass is 1510 g/mol. The average Bonchev–Trinajstić information content (AvgIpc) is 0.888. The number of likely N-dealkylation sites (N-methyl/N-ethyl adjacent to an activating group) is 2. The summed E-state index contributed by atoms with van der Waals surface area (Å²) in [5.41, 5.74) is -0.0610. The van der Waals surface area contributed by atoms with Gasteiger partial charge in [-0.05, 0) is 127 Å². The summed E-state index contributed by atoms with van der Waals surface area (Å²) in [5, 5.41) is 37.9. The Morgan fingerprint density at radius 1 is 0.349 bits per heavy atom. The molecular formula is C86H165N5O15. The molecule has 1 aromatic carbocycles. The van der Waals surface area contributed by atoms with Crippen molar-refractivity contribution in [1.29, 1.82) is 0 Å². The largest absolute Gasteiger partial charge is 0.514 e. The number of hydrogen-bond acceptors (Lipinski definition) is 19. The summed E-state index contributed by atoms with van der Waals surface area (Å²) in [4.78, 5) is 68.7. The van der Waals surface area contributed by atoms with E-state index in [0.29, 0.717) is 64.1 Å². The van der Waals surface area contributed by atoms with Crippen LogP contribution in [0.15, 0.2) is 24.3 Å². The zero-order chi connectivity index (χ0) is 78.6. The molecule has 0 aliphatic carbocycles. The maximum absolute atomic E-state index is 12.5. The van der Waals surface area contributed by atoms with Crippen LogP contribution < -0.4 is 4.74 Å². The van der Waals surface area contributed by atoms with Crippen LogP contribution in [0.2, 0.25) is 0 Å². The van der Waals surface area contributed by atoms with Crippen LogP contribution in [0.5, 0.6) is 5.75 Å². The van der Waals surface area contributed by atoms with E-state index in [2.05, 4.69) is 88.8 Å². The van der Waals surface area contributed by atoms with Crippen LogP contribution in [0.1, 0.15) is 352 Å². The van der Waals surface area contributed by atoms with Gasteiger partial charge in [-0.3, -0.25) is 29.5 Å². The van der Waals surface area contributed by atoms with E-state index in [1.54, 1.807) is 0 Å². The van der Waals surface area contributed by atoms with Gasteiger partial charge in [-0.1, -0.05) is 262 Å². The molecule has 20 nitrogen and oxygen atoms in total. The number of non-ortho nitro benzene ring substituents is 1. The number of aliphatic hydroxyl groups excluding tert-OH is 3. The van der Waals surface area contributed by atoms with Crippen LogP contribution in [-0.4, -0.2) is 194 Å². The second-order valence-electron chi connectivity index (χ2n) is 29.3. The molecule has 0 heterocycles. The predicted octanol–water partition coefficient (Wildman–Crippen LogP) is 20.8. The minimum atomic E-state index is -0.769. The van der Waals surface area contributed by atoms with E-state index < -0.39 is 17.2 Å². The first kappa shape index (κ1) is 104. The maximum atomic E-state index is 12.5. The Labute approximate surface area is 648 Å². The molecule has 20 heteroatoms. The number of aliphatic hydroxyl groups is 3. The van der Waals surface area contributed by atoms with Crippen LogP contribution >= 0.6 is 0 Å². The quantitative estimate of drug-likeness (QED) is 0.0137. The van der Waals surface area contributed by atoms with Crippen molar-refractivity contribution in [3.8, 4) is 5.75 Å². The summed E-state index contributed by atoms with van der Waals surface area (Å²) >= 11 is 0. The number of carbonyl (C=O) groups is 4. The van der Waals surface area contributed by atoms with Crippen molar-refractivity contribution in [3.63, 3.8) is 0 Å². The van der Waals surface area contributed by atoms with Gasteiger partial charge in [-0.25, -0.2) is 9.59 Å². The standard InChI is InChI=1S/C40H80N2O6.C36H61NO7.C10H24N2O2/c1-6-11-14-21-26-38(48-40(45)47-36-33-42(32-34-43)31-30-41(9-4)10-5)27-22-17-15-16-18-23-28-39(44)46-35-29-37(24-19-12-7-2)25-20-13-8-3;1-4-7-10-17-22-33(43-36(39)44-34-27-25-32(26-28-34)37(40)41)23-18-13-11-12-14-19-24-35(38)42-30-29-31(20-15-8-5-2)21-16-9-6-3;1-3-11(4-2)5-6-12(7-9-13)8-10-14/h37-38,43H,6-36H2,1-5H3;25-28,31,33H,4-24,29-30H2,1-3H3;13-14H,3-10H2,1-2H3. The van der Waals surface area contributed by atoms with Gasteiger partial charge in [0, 0.05) is 77.3 Å². The number of nitro groups is 1. The van der Waals surface area contributed by atoms with Gasteiger partial charge in [0.15, 0.2) is 0 Å². The molecule has 3 N–H and O–H groups in total. The summed E-state index contributed by atoms with van der Waals surface area (Å²) in [6, 6.07) is 5.40. The number of hydrogen-bond donors (Lipinski definition) is 3. The van der Waals surface area contributed by atoms with E-state index in [-0.39, 0.29) is 62.0 Å². The third-order valence-corrected chi connectivity index (χ3v) is 20.4. The summed E-state index contributed by atoms with van der Waals surface area (Å²) in [5.74, 6) is 1.51. The second-order valence-corrected chi connectivity index (χ2v) is 29.3. The van der Waals surface area contributed by atoms with Crippen LogP contribution in [0.25, 0.3) is 0 Å². The number of unbranched alkanes of at least 4 members (excludes halogenated alkanes) is 24. The first-order chi connectivity index (χ1) is 51.6. The van der Waals surface area contributed by atoms with Crippen molar-refractivity contribution in [2.75, 3.05) is 118 Å². The second kappa shape index (κ2) is 78.9. The molecule has 0 spiro atoms. The molecule has 2 atom stereocenters. The van der Waals surface area contributed by atoms with Gasteiger partial charge in [0.05, 0.1) is 38.0 Å². The van der Waals surface area contributed by atoms with Crippen molar-refractivity contribution in [3.05, 3.63) is 34.4 Å². The zero-order valence-electron chi connectivity index (χ0n) is 69.9. The maximum Gasteiger partial charge on any atom is 0.514 e. The van der Waals surface area contributed by atoms with Gasteiger partial charge in [0.2, 0.25) is 0 Å². The topological polar surface area (TPSA) is 240 Å². The van der Waals surface area contributed by atoms with E-state index in [1.165, 1.54) is 140 Å². The van der Waals surface area contributed by atoms with E-state index in [0.717, 1.165) is 206 Å². The van der Waals surface area contributed by atoms with Gasteiger partial charge < -0.3 is 53.5 Å². The minimum Gasteiger partial charge on any atom is -0.466 e. The lowest BCUT2D eigenvalue weighted by molar-refractivity contribution is -0.384. The molecule has 0 aromatic heterocycles. The molecule has 2 unspecified atom stereocenters. The summed E-state index contributed by atoms with van der Waals surface area (Å²) in [7, 11) is 0. The van der Waals surface area contributed by atoms with Gasteiger partial charge >= 0.3 is 24.2 Å². The molecular weight excluding hydrogens is 1340 g/mol. The molecule has 0 aliphatic rings.